The predicted octanol–water partition coefficient (Wildman–Crippen LogP) is 4.39. The summed E-state index contributed by atoms with van der Waals surface area (Å²) in [7, 11) is 0. The normalized spacial score (nSPS) is 16.0. The van der Waals surface area contributed by atoms with Gasteiger partial charge in [-0.3, -0.25) is 9.89 Å². The Balaban J connectivity index is 1.62. The number of hydrogen-bond acceptors (Lipinski definition) is 6. The van der Waals surface area contributed by atoms with Crippen molar-refractivity contribution < 1.29 is 9.18 Å². The van der Waals surface area contributed by atoms with E-state index in [2.05, 4.69) is 32.8 Å². The summed E-state index contributed by atoms with van der Waals surface area (Å²) in [5, 5.41) is 17.8. The molecular weight excluding hydrogens is 469 g/mol. The molecule has 10 heteroatoms. The second-order valence-electron chi connectivity index (χ2n) is 8.43. The van der Waals surface area contributed by atoms with E-state index >= 15 is 4.39 Å². The summed E-state index contributed by atoms with van der Waals surface area (Å²) >= 11 is 6.70. The minimum atomic E-state index is -0.540. The lowest BCUT2D eigenvalue weighted by molar-refractivity contribution is -0.128. The number of halogens is 2. The van der Waals surface area contributed by atoms with Crippen molar-refractivity contribution in [1.29, 1.82) is 5.26 Å². The van der Waals surface area contributed by atoms with E-state index in [1.165, 1.54) is 12.4 Å². The van der Waals surface area contributed by atoms with Crippen LogP contribution in [0.4, 0.5) is 10.2 Å². The van der Waals surface area contributed by atoms with Gasteiger partial charge in [-0.15, -0.1) is 0 Å². The first-order chi connectivity index (χ1) is 16.9. The molecule has 1 amide bonds. The molecule has 35 heavy (non-hydrogen) atoms. The molecule has 1 fully saturated rings. The number of fused-ring (bicyclic) bond motifs is 2. The largest absolute Gasteiger partial charge is 0.352 e. The number of H-pyrrole nitrogens is 1. The first kappa shape index (κ1) is 22.7. The molecule has 176 valence electrons. The molecule has 1 aliphatic rings. The monoisotopic (exact) mass is 489 g/mol. The molecule has 2 aromatic carbocycles. The van der Waals surface area contributed by atoms with Crippen LogP contribution >= 0.6 is 11.6 Å². The molecule has 0 saturated carbocycles. The fraction of sp³-hybridized carbons (Fsp3) is 0.240. The third-order valence-electron chi connectivity index (χ3n) is 6.45. The van der Waals surface area contributed by atoms with Gasteiger partial charge in [-0.25, -0.2) is 14.4 Å². The minimum absolute atomic E-state index is 0.149. The van der Waals surface area contributed by atoms with Crippen LogP contribution in [0.5, 0.6) is 0 Å². The Labute approximate surface area is 205 Å². The standard InChI is InChI=1S/C25H21ClFN7O/c1-3-20(35)34-9-8-33(12-15(34)6-7-28)25-16-10-18(26)22(23(27)24(16)29-13-30-25)21-14(2)4-5-19-17(21)11-31-32-19/h3-5,10-11,13,15H,1,6,8-9,12H2,2H3,(H,31,32). The molecule has 4 aromatic rings. The van der Waals surface area contributed by atoms with Crippen molar-refractivity contribution in [3.8, 4) is 17.2 Å². The Morgan fingerprint density at radius 1 is 1.34 bits per heavy atom. The van der Waals surface area contributed by atoms with Gasteiger partial charge in [0.05, 0.1) is 35.3 Å². The molecule has 1 aliphatic heterocycles. The summed E-state index contributed by atoms with van der Waals surface area (Å²) in [6, 6.07) is 7.26. The van der Waals surface area contributed by atoms with Crippen molar-refractivity contribution in [2.75, 3.05) is 24.5 Å². The van der Waals surface area contributed by atoms with E-state index < -0.39 is 5.82 Å². The molecule has 0 radical (unpaired) electrons. The second kappa shape index (κ2) is 8.96. The highest BCUT2D eigenvalue weighted by Gasteiger charge is 2.31. The highest BCUT2D eigenvalue weighted by molar-refractivity contribution is 6.35. The molecule has 0 aliphatic carbocycles. The molecule has 1 unspecified atom stereocenters. The van der Waals surface area contributed by atoms with Gasteiger partial charge in [0, 0.05) is 41.5 Å². The molecular formula is C25H21ClFN7O. The molecule has 0 spiro atoms. The minimum Gasteiger partial charge on any atom is -0.352 e. The number of hydrogen-bond donors (Lipinski definition) is 1. The summed E-state index contributed by atoms with van der Waals surface area (Å²) in [6.07, 6.45) is 4.39. The maximum absolute atomic E-state index is 16.1. The Bertz CT molecular complexity index is 1530. The van der Waals surface area contributed by atoms with Crippen molar-refractivity contribution in [2.24, 2.45) is 0 Å². The first-order valence-electron chi connectivity index (χ1n) is 11.0. The zero-order valence-corrected chi connectivity index (χ0v) is 19.7. The van der Waals surface area contributed by atoms with Crippen LogP contribution in [0.2, 0.25) is 5.02 Å². The van der Waals surface area contributed by atoms with Crippen LogP contribution in [0, 0.1) is 24.1 Å². The lowest BCUT2D eigenvalue weighted by atomic mass is 9.95. The number of piperazine rings is 1. The number of aromatic nitrogens is 4. The molecule has 5 rings (SSSR count). The van der Waals surface area contributed by atoms with Crippen LogP contribution in [-0.4, -0.2) is 56.6 Å². The number of nitriles is 1. The SMILES string of the molecule is C=CC(=O)N1CCN(c2ncnc3c(F)c(-c4c(C)ccc5[nH]ncc45)c(Cl)cc23)CC1CC#N. The smallest absolute Gasteiger partial charge is 0.246 e. The number of nitrogens with one attached hydrogen (secondary N) is 1. The zero-order chi connectivity index (χ0) is 24.7. The first-order valence-corrected chi connectivity index (χ1v) is 11.4. The second-order valence-corrected chi connectivity index (χ2v) is 8.83. The van der Waals surface area contributed by atoms with Crippen LogP contribution < -0.4 is 4.90 Å². The van der Waals surface area contributed by atoms with Gasteiger partial charge in [-0.1, -0.05) is 24.2 Å². The molecule has 8 nitrogen and oxygen atoms in total. The van der Waals surface area contributed by atoms with Crippen LogP contribution in [0.15, 0.2) is 43.4 Å². The molecule has 0 bridgehead atoms. The van der Waals surface area contributed by atoms with E-state index in [0.29, 0.717) is 36.4 Å². The van der Waals surface area contributed by atoms with E-state index in [1.54, 1.807) is 17.2 Å². The number of anilines is 1. The van der Waals surface area contributed by atoms with Gasteiger partial charge in [0.25, 0.3) is 0 Å². The average Bonchev–Trinajstić information content (AvgIpc) is 3.34. The number of benzene rings is 2. The van der Waals surface area contributed by atoms with E-state index in [0.717, 1.165) is 16.5 Å². The van der Waals surface area contributed by atoms with Crippen molar-refractivity contribution in [1.82, 2.24) is 25.1 Å². The Morgan fingerprint density at radius 3 is 2.94 bits per heavy atom. The third-order valence-corrected chi connectivity index (χ3v) is 6.75. The summed E-state index contributed by atoms with van der Waals surface area (Å²) in [5.74, 6) is -0.254. The van der Waals surface area contributed by atoms with E-state index in [4.69, 9.17) is 11.6 Å². The van der Waals surface area contributed by atoms with Crippen molar-refractivity contribution in [2.45, 2.75) is 19.4 Å². The highest BCUT2D eigenvalue weighted by Crippen LogP contribution is 2.41. The molecule has 1 atom stereocenters. The fourth-order valence-corrected chi connectivity index (χ4v) is 5.08. The number of aromatic amines is 1. The van der Waals surface area contributed by atoms with E-state index in [9.17, 15) is 10.1 Å². The van der Waals surface area contributed by atoms with Crippen molar-refractivity contribution in [3.05, 3.63) is 59.8 Å². The number of carbonyl (C=O) groups excluding carboxylic acids is 1. The number of nitrogens with zero attached hydrogens (tertiary/aromatic N) is 6. The quantitative estimate of drug-likeness (QED) is 0.426. The molecule has 1 saturated heterocycles. The van der Waals surface area contributed by atoms with Crippen molar-refractivity contribution in [3.63, 3.8) is 0 Å². The fourth-order valence-electron chi connectivity index (χ4n) is 4.79. The van der Waals surface area contributed by atoms with Gasteiger partial charge >= 0.3 is 0 Å². The van der Waals surface area contributed by atoms with Gasteiger partial charge in [-0.05, 0) is 30.7 Å². The lowest BCUT2D eigenvalue weighted by Crippen LogP contribution is -2.55. The van der Waals surface area contributed by atoms with Crippen LogP contribution in [0.25, 0.3) is 32.9 Å². The Hall–Kier alpha value is -4.03. The van der Waals surface area contributed by atoms with Gasteiger partial charge < -0.3 is 9.80 Å². The number of amides is 1. The van der Waals surface area contributed by atoms with Gasteiger partial charge in [0.1, 0.15) is 17.7 Å². The van der Waals surface area contributed by atoms with Crippen LogP contribution in [0.3, 0.4) is 0 Å². The van der Waals surface area contributed by atoms with Crippen molar-refractivity contribution >= 4 is 45.1 Å². The topological polar surface area (TPSA) is 102 Å². The Kier molecular flexibility index (Phi) is 5.83. The summed E-state index contributed by atoms with van der Waals surface area (Å²) in [5.41, 5.74) is 2.70. The molecule has 2 aromatic heterocycles. The van der Waals surface area contributed by atoms with Crippen LogP contribution in [-0.2, 0) is 4.79 Å². The predicted molar refractivity (Wildman–Crippen MR) is 132 cm³/mol. The van der Waals surface area contributed by atoms with E-state index in [-0.39, 0.29) is 34.5 Å². The zero-order valence-electron chi connectivity index (χ0n) is 18.9. The number of carbonyl (C=O) groups is 1. The Morgan fingerprint density at radius 2 is 2.17 bits per heavy atom. The lowest BCUT2D eigenvalue weighted by Gasteiger charge is -2.41. The van der Waals surface area contributed by atoms with Gasteiger partial charge in [0.2, 0.25) is 5.91 Å². The maximum Gasteiger partial charge on any atom is 0.246 e. The summed E-state index contributed by atoms with van der Waals surface area (Å²) in [6.45, 7) is 6.66. The molecule has 3 heterocycles. The average molecular weight is 490 g/mol. The summed E-state index contributed by atoms with van der Waals surface area (Å²) in [4.78, 5) is 24.5. The summed E-state index contributed by atoms with van der Waals surface area (Å²) < 4.78 is 16.1. The van der Waals surface area contributed by atoms with E-state index in [1.807, 2.05) is 24.0 Å². The van der Waals surface area contributed by atoms with Gasteiger partial charge in [0.15, 0.2) is 5.82 Å². The number of rotatable bonds is 4. The highest BCUT2D eigenvalue weighted by atomic mass is 35.5. The maximum atomic E-state index is 16.1. The number of aryl methyl sites for hydroxylation is 1. The van der Waals surface area contributed by atoms with Gasteiger partial charge in [-0.2, -0.15) is 10.4 Å². The third kappa shape index (κ3) is 3.76. The van der Waals surface area contributed by atoms with Crippen LogP contribution in [0.1, 0.15) is 12.0 Å². The molecule has 1 N–H and O–H groups in total.